The fourth-order valence-electron chi connectivity index (χ4n) is 2.76. The third-order valence-corrected chi connectivity index (χ3v) is 5.10. The molecule has 0 unspecified atom stereocenters. The second kappa shape index (κ2) is 9.20. The van der Waals surface area contributed by atoms with E-state index in [9.17, 15) is 9.59 Å². The highest BCUT2D eigenvalue weighted by molar-refractivity contribution is 9.10. The van der Waals surface area contributed by atoms with Gasteiger partial charge in [-0.05, 0) is 48.5 Å². The van der Waals surface area contributed by atoms with Crippen LogP contribution in [0.2, 0.25) is 5.02 Å². The summed E-state index contributed by atoms with van der Waals surface area (Å²) < 4.78 is 16.7. The van der Waals surface area contributed by atoms with Crippen molar-refractivity contribution < 1.29 is 23.8 Å². The molecular formula is C22H14BrClN2O5. The van der Waals surface area contributed by atoms with Crippen molar-refractivity contribution in [1.82, 2.24) is 5.43 Å². The summed E-state index contributed by atoms with van der Waals surface area (Å²) in [5.74, 6) is 0.303. The molecule has 31 heavy (non-hydrogen) atoms. The molecule has 1 aliphatic heterocycles. The highest BCUT2D eigenvalue weighted by Gasteiger charge is 2.17. The van der Waals surface area contributed by atoms with Crippen molar-refractivity contribution in [3.63, 3.8) is 0 Å². The number of fused-ring (bicyclic) bond motifs is 1. The van der Waals surface area contributed by atoms with E-state index in [0.29, 0.717) is 22.6 Å². The number of benzene rings is 3. The molecule has 0 radical (unpaired) electrons. The van der Waals surface area contributed by atoms with Gasteiger partial charge in [-0.15, -0.1) is 0 Å². The van der Waals surface area contributed by atoms with Crippen LogP contribution >= 0.6 is 27.5 Å². The first-order valence-corrected chi connectivity index (χ1v) is 10.2. The van der Waals surface area contributed by atoms with Crippen molar-refractivity contribution >= 4 is 45.6 Å². The molecule has 3 aromatic carbocycles. The Morgan fingerprint density at radius 3 is 2.71 bits per heavy atom. The molecule has 0 fully saturated rings. The van der Waals surface area contributed by atoms with E-state index in [4.69, 9.17) is 25.8 Å². The standard InChI is InChI=1S/C22H14BrClN2O5/c23-15-6-8-18(31-22(28)16-3-1-2-4-17(16)24)14(9-15)11-25-26-21(27)13-5-7-19-20(10-13)30-12-29-19/h1-11H,12H2,(H,26,27)/b25-11+. The van der Waals surface area contributed by atoms with Gasteiger partial charge in [-0.3, -0.25) is 4.79 Å². The van der Waals surface area contributed by atoms with Crippen LogP contribution in [0.5, 0.6) is 17.2 Å². The molecule has 4 rings (SSSR count). The molecule has 0 aliphatic carbocycles. The number of hydrogen-bond donors (Lipinski definition) is 1. The SMILES string of the molecule is O=C(N/N=C/c1cc(Br)ccc1OC(=O)c1ccccc1Cl)c1ccc2c(c1)OCO2. The van der Waals surface area contributed by atoms with E-state index in [0.717, 1.165) is 4.47 Å². The highest BCUT2D eigenvalue weighted by Crippen LogP contribution is 2.32. The zero-order valence-electron chi connectivity index (χ0n) is 15.8. The van der Waals surface area contributed by atoms with Gasteiger partial charge in [0, 0.05) is 15.6 Å². The number of hydrogen-bond acceptors (Lipinski definition) is 6. The Morgan fingerprint density at radius 1 is 1.06 bits per heavy atom. The van der Waals surface area contributed by atoms with Crippen LogP contribution in [0.3, 0.4) is 0 Å². The third-order valence-electron chi connectivity index (χ3n) is 4.27. The van der Waals surface area contributed by atoms with Gasteiger partial charge >= 0.3 is 5.97 Å². The first-order chi connectivity index (χ1) is 15.0. The number of rotatable bonds is 5. The van der Waals surface area contributed by atoms with Crippen LogP contribution in [-0.2, 0) is 0 Å². The molecule has 1 heterocycles. The van der Waals surface area contributed by atoms with Crippen LogP contribution < -0.4 is 19.6 Å². The minimum Gasteiger partial charge on any atom is -0.454 e. The zero-order chi connectivity index (χ0) is 21.8. The Labute approximate surface area is 190 Å². The number of halogens is 2. The van der Waals surface area contributed by atoms with Gasteiger partial charge in [0.15, 0.2) is 11.5 Å². The normalized spacial score (nSPS) is 12.1. The largest absolute Gasteiger partial charge is 0.454 e. The first kappa shape index (κ1) is 20.9. The van der Waals surface area contributed by atoms with E-state index in [2.05, 4.69) is 26.5 Å². The van der Waals surface area contributed by atoms with E-state index >= 15 is 0 Å². The minimum absolute atomic E-state index is 0.122. The Hall–Kier alpha value is -3.36. The van der Waals surface area contributed by atoms with Gasteiger partial charge in [0.25, 0.3) is 5.91 Å². The molecule has 1 amide bonds. The van der Waals surface area contributed by atoms with Crippen LogP contribution in [0.15, 0.2) is 70.2 Å². The van der Waals surface area contributed by atoms with Crippen LogP contribution in [0.25, 0.3) is 0 Å². The highest BCUT2D eigenvalue weighted by atomic mass is 79.9. The molecule has 3 aromatic rings. The van der Waals surface area contributed by atoms with Crippen LogP contribution in [0.1, 0.15) is 26.3 Å². The van der Waals surface area contributed by atoms with Gasteiger partial charge in [0.05, 0.1) is 16.8 Å². The number of carbonyl (C=O) groups is 2. The van der Waals surface area contributed by atoms with Crippen LogP contribution in [-0.4, -0.2) is 24.9 Å². The summed E-state index contributed by atoms with van der Waals surface area (Å²) in [7, 11) is 0. The predicted molar refractivity (Wildman–Crippen MR) is 118 cm³/mol. The van der Waals surface area contributed by atoms with E-state index in [1.54, 1.807) is 60.7 Å². The molecule has 1 aliphatic rings. The number of ether oxygens (including phenoxy) is 3. The smallest absolute Gasteiger partial charge is 0.345 e. The molecule has 0 saturated heterocycles. The predicted octanol–water partition coefficient (Wildman–Crippen LogP) is 4.81. The lowest BCUT2D eigenvalue weighted by Crippen LogP contribution is -2.17. The van der Waals surface area contributed by atoms with Gasteiger partial charge in [-0.25, -0.2) is 10.2 Å². The van der Waals surface area contributed by atoms with Gasteiger partial charge in [-0.2, -0.15) is 5.10 Å². The second-order valence-electron chi connectivity index (χ2n) is 6.32. The molecule has 0 saturated carbocycles. The lowest BCUT2D eigenvalue weighted by molar-refractivity contribution is 0.0734. The quantitative estimate of drug-likeness (QED) is 0.235. The number of nitrogens with one attached hydrogen (secondary N) is 1. The summed E-state index contributed by atoms with van der Waals surface area (Å²) in [5.41, 5.74) is 3.51. The fraction of sp³-hybridized carbons (Fsp3) is 0.0455. The van der Waals surface area contributed by atoms with E-state index in [-0.39, 0.29) is 23.1 Å². The molecule has 9 heteroatoms. The minimum atomic E-state index is -0.605. The molecule has 1 N–H and O–H groups in total. The molecule has 0 aromatic heterocycles. The Morgan fingerprint density at radius 2 is 1.87 bits per heavy atom. The van der Waals surface area contributed by atoms with Crippen molar-refractivity contribution in [2.45, 2.75) is 0 Å². The van der Waals surface area contributed by atoms with Crippen molar-refractivity contribution in [2.75, 3.05) is 6.79 Å². The van der Waals surface area contributed by atoms with Gasteiger partial charge in [0.1, 0.15) is 5.75 Å². The number of nitrogens with zero attached hydrogens (tertiary/aromatic N) is 1. The van der Waals surface area contributed by atoms with E-state index in [1.807, 2.05) is 0 Å². The molecular weight excluding hydrogens is 488 g/mol. The number of esters is 1. The Balaban J connectivity index is 1.48. The maximum absolute atomic E-state index is 12.5. The summed E-state index contributed by atoms with van der Waals surface area (Å²) in [6, 6.07) is 16.5. The summed E-state index contributed by atoms with van der Waals surface area (Å²) in [6.07, 6.45) is 1.38. The summed E-state index contributed by atoms with van der Waals surface area (Å²) in [4.78, 5) is 24.8. The first-order valence-electron chi connectivity index (χ1n) is 9.00. The summed E-state index contributed by atoms with van der Waals surface area (Å²) >= 11 is 9.43. The monoisotopic (exact) mass is 500 g/mol. The van der Waals surface area contributed by atoms with Crippen molar-refractivity contribution in [3.05, 3.63) is 86.8 Å². The molecule has 7 nitrogen and oxygen atoms in total. The molecule has 0 spiro atoms. The maximum atomic E-state index is 12.5. The van der Waals surface area contributed by atoms with Gasteiger partial charge in [-0.1, -0.05) is 39.7 Å². The second-order valence-corrected chi connectivity index (χ2v) is 7.64. The fourth-order valence-corrected chi connectivity index (χ4v) is 3.35. The lowest BCUT2D eigenvalue weighted by Gasteiger charge is -2.09. The maximum Gasteiger partial charge on any atom is 0.345 e. The van der Waals surface area contributed by atoms with Crippen molar-refractivity contribution in [2.24, 2.45) is 5.10 Å². The van der Waals surface area contributed by atoms with Crippen LogP contribution in [0, 0.1) is 0 Å². The number of amides is 1. The number of hydrazone groups is 1. The Bertz CT molecular complexity index is 1200. The van der Waals surface area contributed by atoms with Gasteiger partial charge in [0.2, 0.25) is 6.79 Å². The van der Waals surface area contributed by atoms with E-state index < -0.39 is 11.9 Å². The molecule has 0 bridgehead atoms. The topological polar surface area (TPSA) is 86.2 Å². The Kier molecular flexibility index (Phi) is 6.20. The summed E-state index contributed by atoms with van der Waals surface area (Å²) in [6.45, 7) is 0.122. The van der Waals surface area contributed by atoms with Crippen LogP contribution in [0.4, 0.5) is 0 Å². The molecule has 156 valence electrons. The number of carbonyl (C=O) groups excluding carboxylic acids is 2. The van der Waals surface area contributed by atoms with E-state index in [1.165, 1.54) is 6.21 Å². The summed E-state index contributed by atoms with van der Waals surface area (Å²) in [5, 5.41) is 4.26. The average molecular weight is 502 g/mol. The zero-order valence-corrected chi connectivity index (χ0v) is 18.1. The lowest BCUT2D eigenvalue weighted by atomic mass is 10.2. The average Bonchev–Trinajstić information content (AvgIpc) is 3.23. The van der Waals surface area contributed by atoms with Gasteiger partial charge < -0.3 is 14.2 Å². The van der Waals surface area contributed by atoms with Crippen molar-refractivity contribution in [1.29, 1.82) is 0 Å². The third kappa shape index (κ3) is 4.87. The van der Waals surface area contributed by atoms with Crippen molar-refractivity contribution in [3.8, 4) is 17.2 Å². The molecule has 0 atom stereocenters.